The van der Waals surface area contributed by atoms with Crippen molar-refractivity contribution in [1.82, 2.24) is 0 Å². The molecule has 0 bridgehead atoms. The summed E-state index contributed by atoms with van der Waals surface area (Å²) in [4.78, 5) is 10.9. The normalized spacial score (nSPS) is 9.77. The Kier molecular flexibility index (Phi) is 2.78. The third kappa shape index (κ3) is 1.92. The van der Waals surface area contributed by atoms with E-state index in [2.05, 4.69) is 0 Å². The number of benzene rings is 1. The van der Waals surface area contributed by atoms with Gasteiger partial charge in [-0.15, -0.1) is 0 Å². The largest absolute Gasteiger partial charge is 0.496 e. The van der Waals surface area contributed by atoms with Crippen LogP contribution in [0.4, 0.5) is 0 Å². The average molecular weight is 200 g/mol. The molecule has 1 aromatic carbocycles. The highest BCUT2D eigenvalue weighted by molar-refractivity contribution is 6.33. The van der Waals surface area contributed by atoms with E-state index in [9.17, 15) is 4.79 Å². The lowest BCUT2D eigenvalue weighted by molar-refractivity contribution is 0.1000. The SMILES string of the molecule is COc1cc(C(N)=O)c(Cl)cc1C. The summed E-state index contributed by atoms with van der Waals surface area (Å²) >= 11 is 5.80. The van der Waals surface area contributed by atoms with Crippen molar-refractivity contribution in [2.24, 2.45) is 5.73 Å². The molecular weight excluding hydrogens is 190 g/mol. The highest BCUT2D eigenvalue weighted by Crippen LogP contribution is 2.25. The van der Waals surface area contributed by atoms with Gasteiger partial charge in [0.15, 0.2) is 0 Å². The van der Waals surface area contributed by atoms with Crippen molar-refractivity contribution in [2.45, 2.75) is 6.92 Å². The topological polar surface area (TPSA) is 52.3 Å². The molecule has 3 nitrogen and oxygen atoms in total. The summed E-state index contributed by atoms with van der Waals surface area (Å²) in [7, 11) is 1.53. The van der Waals surface area contributed by atoms with Crippen LogP contribution < -0.4 is 10.5 Å². The quantitative estimate of drug-likeness (QED) is 0.789. The first-order valence-electron chi connectivity index (χ1n) is 3.70. The van der Waals surface area contributed by atoms with Gasteiger partial charge in [-0.2, -0.15) is 0 Å². The third-order valence-electron chi connectivity index (χ3n) is 1.75. The first-order chi connectivity index (χ1) is 6.06. The zero-order valence-corrected chi connectivity index (χ0v) is 8.18. The molecule has 0 spiro atoms. The number of amides is 1. The highest BCUT2D eigenvalue weighted by atomic mass is 35.5. The average Bonchev–Trinajstić information content (AvgIpc) is 2.03. The molecule has 0 heterocycles. The maximum Gasteiger partial charge on any atom is 0.250 e. The summed E-state index contributed by atoms with van der Waals surface area (Å²) in [6.07, 6.45) is 0. The fourth-order valence-corrected chi connectivity index (χ4v) is 1.37. The number of methoxy groups -OCH3 is 1. The van der Waals surface area contributed by atoms with Gasteiger partial charge in [-0.3, -0.25) is 4.79 Å². The maximum atomic E-state index is 10.9. The number of aryl methyl sites for hydroxylation is 1. The van der Waals surface area contributed by atoms with Crippen molar-refractivity contribution in [3.63, 3.8) is 0 Å². The molecule has 0 unspecified atom stereocenters. The van der Waals surface area contributed by atoms with Gasteiger partial charge in [0.25, 0.3) is 0 Å². The summed E-state index contributed by atoms with van der Waals surface area (Å²) < 4.78 is 5.02. The standard InChI is InChI=1S/C9H10ClNO2/c1-5-3-7(10)6(9(11)12)4-8(5)13-2/h3-4H,1-2H3,(H2,11,12). The zero-order chi connectivity index (χ0) is 10.0. The Bertz CT molecular complexity index is 350. The van der Waals surface area contributed by atoms with Crippen molar-refractivity contribution in [1.29, 1.82) is 0 Å². The molecule has 1 aromatic rings. The molecule has 2 N–H and O–H groups in total. The molecule has 13 heavy (non-hydrogen) atoms. The van der Waals surface area contributed by atoms with Gasteiger partial charge in [0, 0.05) is 0 Å². The smallest absolute Gasteiger partial charge is 0.250 e. The van der Waals surface area contributed by atoms with Gasteiger partial charge in [0.05, 0.1) is 17.7 Å². The molecule has 0 aliphatic rings. The molecule has 1 amide bonds. The van der Waals surface area contributed by atoms with E-state index in [0.717, 1.165) is 5.56 Å². The lowest BCUT2D eigenvalue weighted by atomic mass is 10.1. The van der Waals surface area contributed by atoms with Gasteiger partial charge in [-0.1, -0.05) is 11.6 Å². The lowest BCUT2D eigenvalue weighted by Gasteiger charge is -2.07. The van der Waals surface area contributed by atoms with Gasteiger partial charge in [-0.25, -0.2) is 0 Å². The van der Waals surface area contributed by atoms with Crippen LogP contribution in [0.25, 0.3) is 0 Å². The van der Waals surface area contributed by atoms with Crippen molar-refractivity contribution in [2.75, 3.05) is 7.11 Å². The van der Waals surface area contributed by atoms with Crippen molar-refractivity contribution >= 4 is 17.5 Å². The summed E-state index contributed by atoms with van der Waals surface area (Å²) in [6.45, 7) is 1.84. The highest BCUT2D eigenvalue weighted by Gasteiger charge is 2.10. The first-order valence-corrected chi connectivity index (χ1v) is 4.08. The number of nitrogens with two attached hydrogens (primary N) is 1. The van der Waals surface area contributed by atoms with E-state index < -0.39 is 5.91 Å². The molecule has 0 aromatic heterocycles. The maximum absolute atomic E-state index is 10.9. The summed E-state index contributed by atoms with van der Waals surface area (Å²) in [5.74, 6) is 0.0569. The Balaban J connectivity index is 3.30. The Morgan fingerprint density at radius 1 is 1.54 bits per heavy atom. The van der Waals surface area contributed by atoms with E-state index in [-0.39, 0.29) is 5.56 Å². The van der Waals surface area contributed by atoms with E-state index in [1.54, 1.807) is 12.1 Å². The Labute approximate surface area is 81.4 Å². The van der Waals surface area contributed by atoms with Crippen LogP contribution in [-0.2, 0) is 0 Å². The minimum Gasteiger partial charge on any atom is -0.496 e. The summed E-state index contributed by atoms with van der Waals surface area (Å²) in [5, 5.41) is 0.353. The number of ether oxygens (including phenoxy) is 1. The van der Waals surface area contributed by atoms with Crippen LogP contribution in [0.1, 0.15) is 15.9 Å². The number of hydrogen-bond donors (Lipinski definition) is 1. The molecule has 0 atom stereocenters. The van der Waals surface area contributed by atoms with Crippen LogP contribution in [0.5, 0.6) is 5.75 Å². The fraction of sp³-hybridized carbons (Fsp3) is 0.222. The van der Waals surface area contributed by atoms with Crippen LogP contribution in [0, 0.1) is 6.92 Å². The van der Waals surface area contributed by atoms with Gasteiger partial charge >= 0.3 is 0 Å². The van der Waals surface area contributed by atoms with Gasteiger partial charge in [0.2, 0.25) is 5.91 Å². The number of carbonyl (C=O) groups excluding carboxylic acids is 1. The van der Waals surface area contributed by atoms with Gasteiger partial charge < -0.3 is 10.5 Å². The second-order valence-electron chi connectivity index (χ2n) is 2.67. The van der Waals surface area contributed by atoms with Gasteiger partial charge in [0.1, 0.15) is 5.75 Å². The number of hydrogen-bond acceptors (Lipinski definition) is 2. The van der Waals surface area contributed by atoms with Crippen LogP contribution >= 0.6 is 11.6 Å². The molecule has 0 fully saturated rings. The molecular formula is C9H10ClNO2. The molecule has 70 valence electrons. The minimum absolute atomic E-state index is 0.282. The minimum atomic E-state index is -0.552. The van der Waals surface area contributed by atoms with Crippen LogP contribution in [0.3, 0.4) is 0 Å². The molecule has 4 heteroatoms. The van der Waals surface area contributed by atoms with E-state index in [1.807, 2.05) is 6.92 Å². The monoisotopic (exact) mass is 199 g/mol. The predicted octanol–water partition coefficient (Wildman–Crippen LogP) is 1.76. The van der Waals surface area contributed by atoms with Crippen molar-refractivity contribution in [3.8, 4) is 5.75 Å². The van der Waals surface area contributed by atoms with E-state index >= 15 is 0 Å². The van der Waals surface area contributed by atoms with Crippen molar-refractivity contribution < 1.29 is 9.53 Å². The molecule has 1 rings (SSSR count). The van der Waals surface area contributed by atoms with E-state index in [0.29, 0.717) is 10.8 Å². The van der Waals surface area contributed by atoms with Crippen LogP contribution in [0.15, 0.2) is 12.1 Å². The fourth-order valence-electron chi connectivity index (χ4n) is 1.06. The number of primary amides is 1. The zero-order valence-electron chi connectivity index (χ0n) is 7.43. The molecule has 0 saturated carbocycles. The second kappa shape index (κ2) is 3.66. The lowest BCUT2D eigenvalue weighted by Crippen LogP contribution is -2.11. The molecule has 0 aliphatic heterocycles. The Morgan fingerprint density at radius 2 is 2.15 bits per heavy atom. The second-order valence-corrected chi connectivity index (χ2v) is 3.07. The first kappa shape index (κ1) is 9.86. The van der Waals surface area contributed by atoms with Gasteiger partial charge in [-0.05, 0) is 24.6 Å². The van der Waals surface area contributed by atoms with E-state index in [1.165, 1.54) is 7.11 Å². The van der Waals surface area contributed by atoms with Crippen molar-refractivity contribution in [3.05, 3.63) is 28.3 Å². The van der Waals surface area contributed by atoms with E-state index in [4.69, 9.17) is 22.1 Å². The van der Waals surface area contributed by atoms with Crippen LogP contribution in [-0.4, -0.2) is 13.0 Å². The number of carbonyl (C=O) groups is 1. The Hall–Kier alpha value is -1.22. The summed E-state index contributed by atoms with van der Waals surface area (Å²) in [6, 6.07) is 3.19. The number of rotatable bonds is 2. The van der Waals surface area contributed by atoms with Crippen LogP contribution in [0.2, 0.25) is 5.02 Å². The molecule has 0 aliphatic carbocycles. The molecule has 0 saturated heterocycles. The predicted molar refractivity (Wildman–Crippen MR) is 51.3 cm³/mol. The number of halogens is 1. The summed E-state index contributed by atoms with van der Waals surface area (Å²) in [5.41, 5.74) is 6.26. The third-order valence-corrected chi connectivity index (χ3v) is 2.06. The molecule has 0 radical (unpaired) electrons. The Morgan fingerprint density at radius 3 is 2.62 bits per heavy atom.